The van der Waals surface area contributed by atoms with E-state index in [4.69, 9.17) is 4.42 Å². The first-order valence-electron chi connectivity index (χ1n) is 11.9. The normalized spacial score (nSPS) is 12.1. The number of aliphatic hydroxyl groups is 1. The third-order valence-corrected chi connectivity index (χ3v) is 6.90. The molecule has 8 nitrogen and oxygen atoms in total. The molecule has 0 spiro atoms. The van der Waals surface area contributed by atoms with Gasteiger partial charge >= 0.3 is 5.76 Å². The van der Waals surface area contributed by atoms with Gasteiger partial charge in [-0.1, -0.05) is 24.3 Å². The Balaban J connectivity index is 1.63. The monoisotopic (exact) mass is 511 g/mol. The number of hydrogen-bond acceptors (Lipinski definition) is 5. The number of nitrogens with one attached hydrogen (secondary N) is 1. The van der Waals surface area contributed by atoms with Gasteiger partial charge in [-0.15, -0.1) is 0 Å². The predicted octanol–water partition coefficient (Wildman–Crippen LogP) is 4.38. The fourth-order valence-corrected chi connectivity index (χ4v) is 4.95. The van der Waals surface area contributed by atoms with Crippen LogP contribution in [0.1, 0.15) is 25.0 Å². The van der Waals surface area contributed by atoms with Crippen molar-refractivity contribution in [3.63, 3.8) is 0 Å². The molecule has 0 saturated carbocycles. The van der Waals surface area contributed by atoms with Gasteiger partial charge in [0.25, 0.3) is 11.1 Å². The lowest BCUT2D eigenvalue weighted by Crippen LogP contribution is -2.31. The number of rotatable bonds is 3. The van der Waals surface area contributed by atoms with Crippen molar-refractivity contribution in [2.45, 2.75) is 26.4 Å². The van der Waals surface area contributed by atoms with Gasteiger partial charge in [0.05, 0.1) is 33.4 Å². The molecule has 0 aliphatic carbocycles. The van der Waals surface area contributed by atoms with Crippen LogP contribution < -0.4 is 16.9 Å². The van der Waals surface area contributed by atoms with Crippen LogP contribution in [0, 0.1) is 12.7 Å². The van der Waals surface area contributed by atoms with Crippen molar-refractivity contribution < 1.29 is 13.9 Å². The first kappa shape index (κ1) is 23.6. The molecule has 0 amide bonds. The summed E-state index contributed by atoms with van der Waals surface area (Å²) in [6, 6.07) is 17.9. The van der Waals surface area contributed by atoms with Gasteiger partial charge in [-0.3, -0.25) is 9.59 Å². The molecule has 0 radical (unpaired) electrons. The van der Waals surface area contributed by atoms with Crippen molar-refractivity contribution in [1.82, 2.24) is 14.0 Å². The number of halogens is 1. The van der Waals surface area contributed by atoms with E-state index in [-0.39, 0.29) is 22.2 Å². The van der Waals surface area contributed by atoms with Crippen LogP contribution in [-0.2, 0) is 5.60 Å². The van der Waals surface area contributed by atoms with Crippen molar-refractivity contribution in [3.05, 3.63) is 115 Å². The molecule has 3 heterocycles. The Kier molecular flexibility index (Phi) is 5.05. The minimum atomic E-state index is -1.10. The van der Waals surface area contributed by atoms with Gasteiger partial charge in [0, 0.05) is 5.56 Å². The minimum Gasteiger partial charge on any atom is -0.406 e. The summed E-state index contributed by atoms with van der Waals surface area (Å²) >= 11 is 0. The molecule has 190 valence electrons. The van der Waals surface area contributed by atoms with E-state index in [1.54, 1.807) is 61.6 Å². The Labute approximate surface area is 213 Å². The van der Waals surface area contributed by atoms with E-state index >= 15 is 0 Å². The van der Waals surface area contributed by atoms with Crippen LogP contribution in [0.15, 0.2) is 85.5 Å². The van der Waals surface area contributed by atoms with Gasteiger partial charge in [-0.25, -0.2) is 13.8 Å². The molecule has 9 heteroatoms. The van der Waals surface area contributed by atoms with Gasteiger partial charge in [-0.05, 0) is 74.4 Å². The Morgan fingerprint density at radius 3 is 2.45 bits per heavy atom. The standard InChI is InChI=1S/C29H22FN3O5/c1-15-17(6-5-9-21(15)33-27(35)18-7-4-8-19(30)25(18)38-28(33)36)22-12-13-24-26(34)31-20-14-16(29(2,3)37)10-11-23(20)32(22)24/h4-14,37H,1-3H3,(H,31,34). The number of nitrogens with zero attached hydrogens (tertiary/aromatic N) is 2. The van der Waals surface area contributed by atoms with Crippen LogP contribution in [0.2, 0.25) is 0 Å². The molecule has 6 rings (SSSR count). The molecule has 6 aromatic rings. The number of H-pyrrole nitrogens is 1. The van der Waals surface area contributed by atoms with Crippen LogP contribution in [-0.4, -0.2) is 19.1 Å². The van der Waals surface area contributed by atoms with Crippen molar-refractivity contribution in [2.24, 2.45) is 0 Å². The van der Waals surface area contributed by atoms with Gasteiger partial charge in [0.2, 0.25) is 0 Å². The minimum absolute atomic E-state index is 0.0531. The molecular weight excluding hydrogens is 489 g/mol. The zero-order valence-corrected chi connectivity index (χ0v) is 20.7. The summed E-state index contributed by atoms with van der Waals surface area (Å²) < 4.78 is 22.1. The van der Waals surface area contributed by atoms with E-state index < -0.39 is 22.7 Å². The van der Waals surface area contributed by atoms with Crippen molar-refractivity contribution in [1.29, 1.82) is 0 Å². The largest absolute Gasteiger partial charge is 0.427 e. The Bertz CT molecular complexity index is 2110. The third-order valence-electron chi connectivity index (χ3n) is 6.90. The zero-order chi connectivity index (χ0) is 26.9. The van der Waals surface area contributed by atoms with E-state index in [9.17, 15) is 23.9 Å². The van der Waals surface area contributed by atoms with Crippen LogP contribution in [0.4, 0.5) is 4.39 Å². The molecule has 38 heavy (non-hydrogen) atoms. The summed E-state index contributed by atoms with van der Waals surface area (Å²) in [5.74, 6) is -1.80. The number of hydrogen-bond donors (Lipinski definition) is 2. The summed E-state index contributed by atoms with van der Waals surface area (Å²) in [5, 5.41) is 10.4. The van der Waals surface area contributed by atoms with E-state index in [2.05, 4.69) is 4.98 Å². The summed E-state index contributed by atoms with van der Waals surface area (Å²) in [5.41, 5.74) is 2.01. The highest BCUT2D eigenvalue weighted by atomic mass is 19.1. The number of aromatic nitrogens is 3. The fraction of sp³-hybridized carbons (Fsp3) is 0.138. The first-order valence-corrected chi connectivity index (χ1v) is 11.9. The lowest BCUT2D eigenvalue weighted by Gasteiger charge is -2.19. The lowest BCUT2D eigenvalue weighted by molar-refractivity contribution is 0.0787. The SMILES string of the molecule is Cc1c(-c2ccc3c(=O)[nH]c4cc(C(C)(C)O)ccc4n23)cccc1-n1c(=O)oc2c(F)cccc2c1=O. The molecule has 0 unspecified atom stereocenters. The molecule has 0 fully saturated rings. The highest BCUT2D eigenvalue weighted by molar-refractivity contribution is 5.84. The van der Waals surface area contributed by atoms with Gasteiger partial charge in [0.15, 0.2) is 11.4 Å². The lowest BCUT2D eigenvalue weighted by atomic mass is 9.98. The van der Waals surface area contributed by atoms with Gasteiger partial charge < -0.3 is 18.9 Å². The smallest absolute Gasteiger partial charge is 0.406 e. The van der Waals surface area contributed by atoms with Gasteiger partial charge in [-0.2, -0.15) is 0 Å². The summed E-state index contributed by atoms with van der Waals surface area (Å²) in [6.07, 6.45) is 0. The molecule has 0 aliphatic rings. The fourth-order valence-electron chi connectivity index (χ4n) is 4.95. The summed E-state index contributed by atoms with van der Waals surface area (Å²) in [6.45, 7) is 5.09. The highest BCUT2D eigenvalue weighted by Gasteiger charge is 2.21. The van der Waals surface area contributed by atoms with Crippen LogP contribution in [0.25, 0.3) is 44.5 Å². The molecule has 0 aliphatic heterocycles. The van der Waals surface area contributed by atoms with E-state index in [0.29, 0.717) is 38.9 Å². The molecule has 3 aromatic carbocycles. The maximum Gasteiger partial charge on any atom is 0.427 e. The van der Waals surface area contributed by atoms with Gasteiger partial charge in [0.1, 0.15) is 5.52 Å². The van der Waals surface area contributed by atoms with E-state index in [0.717, 1.165) is 10.6 Å². The predicted molar refractivity (Wildman–Crippen MR) is 143 cm³/mol. The number of benzene rings is 3. The maximum absolute atomic E-state index is 14.2. The molecule has 3 aromatic heterocycles. The summed E-state index contributed by atoms with van der Waals surface area (Å²) in [4.78, 5) is 41.9. The second-order valence-corrected chi connectivity index (χ2v) is 9.76. The average Bonchev–Trinajstić information content (AvgIpc) is 3.31. The van der Waals surface area contributed by atoms with Crippen molar-refractivity contribution >= 4 is 27.5 Å². The molecule has 2 N–H and O–H groups in total. The molecular formula is C29H22FN3O5. The van der Waals surface area contributed by atoms with Crippen molar-refractivity contribution in [2.75, 3.05) is 0 Å². The quantitative estimate of drug-likeness (QED) is 0.367. The Morgan fingerprint density at radius 1 is 0.947 bits per heavy atom. The van der Waals surface area contributed by atoms with E-state index in [1.165, 1.54) is 12.1 Å². The zero-order valence-electron chi connectivity index (χ0n) is 20.7. The van der Waals surface area contributed by atoms with Crippen LogP contribution in [0.5, 0.6) is 0 Å². The average molecular weight is 512 g/mol. The molecule has 0 atom stereocenters. The Morgan fingerprint density at radius 2 is 1.68 bits per heavy atom. The topological polar surface area (TPSA) is 110 Å². The van der Waals surface area contributed by atoms with Crippen LogP contribution in [0.3, 0.4) is 0 Å². The van der Waals surface area contributed by atoms with Crippen LogP contribution >= 0.6 is 0 Å². The first-order chi connectivity index (χ1) is 18.1. The number of aromatic amines is 1. The Hall–Kier alpha value is -4.76. The van der Waals surface area contributed by atoms with E-state index in [1.807, 2.05) is 12.1 Å². The highest BCUT2D eigenvalue weighted by Crippen LogP contribution is 2.31. The second-order valence-electron chi connectivity index (χ2n) is 9.76. The number of para-hydroxylation sites is 1. The number of fused-ring (bicyclic) bond motifs is 4. The summed E-state index contributed by atoms with van der Waals surface area (Å²) in [7, 11) is 0. The van der Waals surface area contributed by atoms with Crippen molar-refractivity contribution in [3.8, 4) is 16.9 Å². The molecule has 0 bridgehead atoms. The molecule has 0 saturated heterocycles. The third kappa shape index (κ3) is 3.43. The maximum atomic E-state index is 14.2. The second kappa shape index (κ2) is 8.12.